The van der Waals surface area contributed by atoms with Crippen LogP contribution in [0, 0.1) is 18.3 Å². The van der Waals surface area contributed by atoms with E-state index in [0.717, 1.165) is 0 Å². The molecule has 3 nitrogen and oxygen atoms in total. The lowest BCUT2D eigenvalue weighted by molar-refractivity contribution is -0.171. The fraction of sp³-hybridized carbons (Fsp3) is 0.333. The Morgan fingerprint density at radius 1 is 1.44 bits per heavy atom. The first-order valence-corrected chi connectivity index (χ1v) is 4.96. The van der Waals surface area contributed by atoms with Gasteiger partial charge in [0.05, 0.1) is 13.2 Å². The Hall–Kier alpha value is -2.03. The van der Waals surface area contributed by atoms with E-state index in [4.69, 9.17) is 10.00 Å². The lowest BCUT2D eigenvalue weighted by atomic mass is 9.93. The number of ether oxygens (including phenoxy) is 1. The van der Waals surface area contributed by atoms with E-state index in [-0.39, 0.29) is 11.3 Å². The monoisotopic (exact) mass is 257 g/mol. The number of nitriles is 1. The van der Waals surface area contributed by atoms with Crippen LogP contribution in [-0.2, 0) is 4.79 Å². The van der Waals surface area contributed by atoms with Crippen molar-refractivity contribution in [2.75, 3.05) is 7.11 Å². The quantitative estimate of drug-likeness (QED) is 0.836. The summed E-state index contributed by atoms with van der Waals surface area (Å²) in [5.74, 6) is -3.90. The van der Waals surface area contributed by atoms with E-state index in [1.54, 1.807) is 13.0 Å². The summed E-state index contributed by atoms with van der Waals surface area (Å²) in [5.41, 5.74) is 0.573. The average Bonchev–Trinajstić information content (AvgIpc) is 2.29. The van der Waals surface area contributed by atoms with Crippen LogP contribution in [-0.4, -0.2) is 19.1 Å². The molecule has 0 heterocycles. The average molecular weight is 257 g/mol. The number of nitrogens with zero attached hydrogens (tertiary/aromatic N) is 1. The summed E-state index contributed by atoms with van der Waals surface area (Å²) in [6, 6.07) is 5.77. The number of Topliss-reactive ketones (excluding diaryl/α,β-unsaturated/α-hetero) is 1. The summed E-state index contributed by atoms with van der Waals surface area (Å²) in [4.78, 5) is 11.2. The molecule has 0 amide bonds. The molecule has 1 atom stereocenters. The van der Waals surface area contributed by atoms with Crippen molar-refractivity contribution in [2.45, 2.75) is 19.0 Å². The van der Waals surface area contributed by atoms with E-state index in [9.17, 15) is 18.0 Å². The number of hydrogen-bond acceptors (Lipinski definition) is 3. The number of carbonyl (C=O) groups is 1. The van der Waals surface area contributed by atoms with Crippen LogP contribution in [0.5, 0.6) is 5.75 Å². The lowest BCUT2D eigenvalue weighted by Crippen LogP contribution is -2.28. The Kier molecular flexibility index (Phi) is 3.96. The van der Waals surface area contributed by atoms with Crippen molar-refractivity contribution in [2.24, 2.45) is 0 Å². The van der Waals surface area contributed by atoms with Crippen LogP contribution in [0.4, 0.5) is 13.2 Å². The van der Waals surface area contributed by atoms with Gasteiger partial charge in [-0.3, -0.25) is 4.79 Å². The Morgan fingerprint density at radius 2 is 2.06 bits per heavy atom. The third kappa shape index (κ3) is 2.80. The highest BCUT2D eigenvalue weighted by Crippen LogP contribution is 2.33. The van der Waals surface area contributed by atoms with Gasteiger partial charge in [0, 0.05) is 5.56 Å². The summed E-state index contributed by atoms with van der Waals surface area (Å²) in [7, 11) is 1.26. The van der Waals surface area contributed by atoms with E-state index in [2.05, 4.69) is 0 Å². The molecular weight excluding hydrogens is 247 g/mol. The molecule has 0 saturated heterocycles. The molecule has 0 fully saturated rings. The molecule has 0 aromatic heterocycles. The van der Waals surface area contributed by atoms with Crippen LogP contribution >= 0.6 is 0 Å². The maximum absolute atomic E-state index is 12.4. The fourth-order valence-corrected chi connectivity index (χ4v) is 1.51. The fourth-order valence-electron chi connectivity index (χ4n) is 1.51. The second kappa shape index (κ2) is 5.08. The molecule has 0 aliphatic carbocycles. The third-order valence-electron chi connectivity index (χ3n) is 2.37. The second-order valence-corrected chi connectivity index (χ2v) is 3.67. The zero-order valence-corrected chi connectivity index (χ0v) is 9.71. The van der Waals surface area contributed by atoms with Gasteiger partial charge in [0.1, 0.15) is 11.7 Å². The molecule has 1 rings (SSSR count). The minimum Gasteiger partial charge on any atom is -0.496 e. The molecule has 1 aromatic carbocycles. The van der Waals surface area contributed by atoms with Gasteiger partial charge in [-0.05, 0) is 13.0 Å². The maximum atomic E-state index is 12.4. The van der Waals surface area contributed by atoms with Gasteiger partial charge < -0.3 is 4.74 Å². The molecule has 0 bridgehead atoms. The second-order valence-electron chi connectivity index (χ2n) is 3.67. The predicted octanol–water partition coefficient (Wildman–Crippen LogP) is 2.74. The van der Waals surface area contributed by atoms with Crippen LogP contribution in [0.1, 0.15) is 17.0 Å². The Morgan fingerprint density at radius 3 is 2.50 bits per heavy atom. The SMILES string of the molecule is COc1ccc(C)cc1C(C#N)C(=O)C(F)(F)F. The van der Waals surface area contributed by atoms with Gasteiger partial charge in [0.2, 0.25) is 0 Å². The highest BCUT2D eigenvalue weighted by atomic mass is 19.4. The number of hydrogen-bond donors (Lipinski definition) is 0. The summed E-state index contributed by atoms with van der Waals surface area (Å²) >= 11 is 0. The van der Waals surface area contributed by atoms with Gasteiger partial charge in [0.25, 0.3) is 5.78 Å². The van der Waals surface area contributed by atoms with Gasteiger partial charge in [-0.1, -0.05) is 17.7 Å². The lowest BCUT2D eigenvalue weighted by Gasteiger charge is -2.15. The number of benzene rings is 1. The van der Waals surface area contributed by atoms with Crippen molar-refractivity contribution in [1.82, 2.24) is 0 Å². The highest BCUT2D eigenvalue weighted by Gasteiger charge is 2.45. The summed E-state index contributed by atoms with van der Waals surface area (Å²) in [5, 5.41) is 8.80. The molecule has 0 saturated carbocycles. The van der Waals surface area contributed by atoms with Crippen LogP contribution in [0.2, 0.25) is 0 Å². The molecule has 0 aliphatic heterocycles. The first-order valence-electron chi connectivity index (χ1n) is 4.96. The topological polar surface area (TPSA) is 50.1 Å². The van der Waals surface area contributed by atoms with Crippen molar-refractivity contribution < 1.29 is 22.7 Å². The molecule has 18 heavy (non-hydrogen) atoms. The minimum absolute atomic E-state index is 0.0673. The zero-order chi connectivity index (χ0) is 13.9. The molecule has 1 aromatic rings. The van der Waals surface area contributed by atoms with Crippen molar-refractivity contribution in [3.05, 3.63) is 29.3 Å². The maximum Gasteiger partial charge on any atom is 0.451 e. The number of rotatable bonds is 3. The van der Waals surface area contributed by atoms with Crippen LogP contribution in [0.3, 0.4) is 0 Å². The number of halogens is 3. The predicted molar refractivity (Wildman–Crippen MR) is 57.1 cm³/mol. The van der Waals surface area contributed by atoms with Crippen molar-refractivity contribution in [3.8, 4) is 11.8 Å². The molecule has 0 N–H and O–H groups in total. The third-order valence-corrected chi connectivity index (χ3v) is 2.37. The molecular formula is C12H10F3NO2. The Balaban J connectivity index is 3.30. The van der Waals surface area contributed by atoms with E-state index in [1.165, 1.54) is 25.3 Å². The summed E-state index contributed by atoms with van der Waals surface area (Å²) < 4.78 is 42.0. The zero-order valence-electron chi connectivity index (χ0n) is 9.71. The number of carbonyl (C=O) groups excluding carboxylic acids is 1. The Labute approximate surface area is 102 Å². The van der Waals surface area contributed by atoms with Gasteiger partial charge in [-0.2, -0.15) is 18.4 Å². The highest BCUT2D eigenvalue weighted by molar-refractivity contribution is 5.93. The molecule has 96 valence electrons. The largest absolute Gasteiger partial charge is 0.496 e. The van der Waals surface area contributed by atoms with Crippen LogP contribution < -0.4 is 4.74 Å². The summed E-state index contributed by atoms with van der Waals surface area (Å²) in [6.45, 7) is 1.65. The number of ketones is 1. The van der Waals surface area contributed by atoms with Gasteiger partial charge >= 0.3 is 6.18 Å². The van der Waals surface area contributed by atoms with Gasteiger partial charge in [-0.15, -0.1) is 0 Å². The van der Waals surface area contributed by atoms with Crippen LogP contribution in [0.15, 0.2) is 18.2 Å². The van der Waals surface area contributed by atoms with E-state index in [1.807, 2.05) is 0 Å². The first-order chi connectivity index (χ1) is 8.31. The van der Waals surface area contributed by atoms with Crippen molar-refractivity contribution in [3.63, 3.8) is 0 Å². The van der Waals surface area contributed by atoms with E-state index >= 15 is 0 Å². The minimum atomic E-state index is -5.05. The first kappa shape index (κ1) is 14.0. The number of alkyl halides is 3. The molecule has 0 aliphatic rings. The van der Waals surface area contributed by atoms with E-state index < -0.39 is 17.9 Å². The standard InChI is InChI=1S/C12H10F3NO2/c1-7-3-4-10(18-2)8(5-7)9(6-16)11(17)12(13,14)15/h3-5,9H,1-2H3. The summed E-state index contributed by atoms with van der Waals surface area (Å²) in [6.07, 6.45) is -5.05. The van der Waals surface area contributed by atoms with Crippen molar-refractivity contribution >= 4 is 5.78 Å². The normalized spacial score (nSPS) is 12.7. The smallest absolute Gasteiger partial charge is 0.451 e. The van der Waals surface area contributed by atoms with Gasteiger partial charge in [0.15, 0.2) is 0 Å². The number of methoxy groups -OCH3 is 1. The molecule has 1 unspecified atom stereocenters. The van der Waals surface area contributed by atoms with Crippen LogP contribution in [0.25, 0.3) is 0 Å². The number of aryl methyl sites for hydroxylation is 1. The molecule has 0 spiro atoms. The van der Waals surface area contributed by atoms with E-state index in [0.29, 0.717) is 5.56 Å². The van der Waals surface area contributed by atoms with Gasteiger partial charge in [-0.25, -0.2) is 0 Å². The Bertz CT molecular complexity index is 503. The molecule has 0 radical (unpaired) electrons. The molecule has 6 heteroatoms. The van der Waals surface area contributed by atoms with Crippen molar-refractivity contribution in [1.29, 1.82) is 5.26 Å².